The third-order valence-electron chi connectivity index (χ3n) is 1.56. The van der Waals surface area contributed by atoms with Crippen LogP contribution in [-0.2, 0) is 15.9 Å². The van der Waals surface area contributed by atoms with E-state index in [4.69, 9.17) is 0 Å². The van der Waals surface area contributed by atoms with Crippen LogP contribution in [0.1, 0.15) is 5.56 Å². The molecule has 14 heavy (non-hydrogen) atoms. The highest BCUT2D eigenvalue weighted by Gasteiger charge is 2.21. The average Bonchev–Trinajstić information content (AvgIpc) is 2.14. The molecule has 1 aromatic rings. The van der Waals surface area contributed by atoms with Gasteiger partial charge < -0.3 is 0 Å². The van der Waals surface area contributed by atoms with Crippen molar-refractivity contribution in [3.8, 4) is 0 Å². The number of benzene rings is 1. The molecule has 3 nitrogen and oxygen atoms in total. The number of nitrogens with zero attached hydrogens (tertiary/aromatic N) is 1. The van der Waals surface area contributed by atoms with Crippen molar-refractivity contribution >= 4 is 19.1 Å². The average molecular weight is 217 g/mol. The Morgan fingerprint density at radius 3 is 2.29 bits per heavy atom. The maximum Gasteiger partial charge on any atom is 0.433 e. The van der Waals surface area contributed by atoms with Crippen LogP contribution in [0.25, 0.3) is 0 Å². The van der Waals surface area contributed by atoms with Crippen molar-refractivity contribution in [2.75, 3.05) is 0 Å². The number of isocyanates is 1. The lowest BCUT2D eigenvalue weighted by Crippen LogP contribution is -1.97. The molecule has 0 fully saturated rings. The SMILES string of the molecule is O=C=NCc1ccc(P(=O)(F)F)cc1. The first-order valence-electron chi connectivity index (χ1n) is 3.66. The topological polar surface area (TPSA) is 46.5 Å². The van der Waals surface area contributed by atoms with E-state index in [-0.39, 0.29) is 6.54 Å². The van der Waals surface area contributed by atoms with Crippen LogP contribution in [0.3, 0.4) is 0 Å². The van der Waals surface area contributed by atoms with Crippen molar-refractivity contribution in [1.29, 1.82) is 0 Å². The molecule has 0 saturated heterocycles. The lowest BCUT2D eigenvalue weighted by Gasteiger charge is -1.99. The molecule has 1 rings (SSSR count). The second kappa shape index (κ2) is 4.27. The minimum Gasteiger partial charge on any atom is -0.244 e. The van der Waals surface area contributed by atoms with Crippen LogP contribution in [0.5, 0.6) is 0 Å². The number of carbonyl (C=O) groups excluding carboxylic acids is 1. The summed E-state index contributed by atoms with van der Waals surface area (Å²) in [5.41, 5.74) is 0.588. The van der Waals surface area contributed by atoms with Gasteiger partial charge >= 0.3 is 7.76 Å². The lowest BCUT2D eigenvalue weighted by molar-refractivity contribution is 0.507. The summed E-state index contributed by atoms with van der Waals surface area (Å²) in [5.74, 6) is 0. The van der Waals surface area contributed by atoms with Gasteiger partial charge in [0.2, 0.25) is 6.08 Å². The highest BCUT2D eigenvalue weighted by atomic mass is 31.2. The van der Waals surface area contributed by atoms with Crippen molar-refractivity contribution in [1.82, 2.24) is 0 Å². The number of rotatable bonds is 3. The molecule has 6 heteroatoms. The van der Waals surface area contributed by atoms with Crippen LogP contribution in [-0.4, -0.2) is 6.08 Å². The summed E-state index contributed by atoms with van der Waals surface area (Å²) in [6, 6.07) is 4.83. The molecule has 0 aliphatic heterocycles. The normalized spacial score (nSPS) is 10.7. The fourth-order valence-corrected chi connectivity index (χ4v) is 1.39. The third kappa shape index (κ3) is 2.87. The summed E-state index contributed by atoms with van der Waals surface area (Å²) in [5, 5.41) is -0.490. The quantitative estimate of drug-likeness (QED) is 0.443. The van der Waals surface area contributed by atoms with Crippen molar-refractivity contribution in [3.05, 3.63) is 29.8 Å². The minimum atomic E-state index is -5.17. The summed E-state index contributed by atoms with van der Waals surface area (Å²) < 4.78 is 34.9. The molecule has 0 amide bonds. The van der Waals surface area contributed by atoms with Gasteiger partial charge in [0.25, 0.3) is 0 Å². The van der Waals surface area contributed by atoms with Gasteiger partial charge in [0.1, 0.15) is 0 Å². The molecule has 0 saturated carbocycles. The van der Waals surface area contributed by atoms with Crippen LogP contribution in [0.2, 0.25) is 0 Å². The van der Waals surface area contributed by atoms with E-state index >= 15 is 0 Å². The Labute approximate surface area is 79.1 Å². The first-order chi connectivity index (χ1) is 6.54. The van der Waals surface area contributed by atoms with Gasteiger partial charge in [0.05, 0.1) is 11.8 Å². The van der Waals surface area contributed by atoms with E-state index in [9.17, 15) is 17.8 Å². The molecular weight excluding hydrogens is 211 g/mol. The first kappa shape index (κ1) is 10.8. The van der Waals surface area contributed by atoms with E-state index < -0.39 is 13.1 Å². The summed E-state index contributed by atoms with van der Waals surface area (Å²) in [6.07, 6.45) is 1.33. The number of aliphatic imine (C=N–C) groups is 1. The molecule has 0 spiro atoms. The van der Waals surface area contributed by atoms with Gasteiger partial charge in [-0.1, -0.05) is 12.1 Å². The molecule has 0 aromatic heterocycles. The molecule has 1 aromatic carbocycles. The fourth-order valence-electron chi connectivity index (χ4n) is 0.898. The van der Waals surface area contributed by atoms with Gasteiger partial charge in [0.15, 0.2) is 0 Å². The van der Waals surface area contributed by atoms with Crippen LogP contribution < -0.4 is 5.30 Å². The van der Waals surface area contributed by atoms with Gasteiger partial charge in [-0.3, -0.25) is 0 Å². The van der Waals surface area contributed by atoms with E-state index in [0.717, 1.165) is 12.1 Å². The molecular formula is C8H6F2NO2P. The maximum atomic E-state index is 12.3. The van der Waals surface area contributed by atoms with E-state index in [2.05, 4.69) is 4.99 Å². The maximum absolute atomic E-state index is 12.3. The molecule has 0 bridgehead atoms. The van der Waals surface area contributed by atoms with Gasteiger partial charge in [-0.15, -0.1) is 8.39 Å². The molecule has 0 aliphatic rings. The molecule has 74 valence electrons. The molecule has 0 atom stereocenters. The van der Waals surface area contributed by atoms with Crippen molar-refractivity contribution in [2.24, 2.45) is 4.99 Å². The Kier molecular flexibility index (Phi) is 3.28. The zero-order valence-corrected chi connectivity index (χ0v) is 7.88. The van der Waals surface area contributed by atoms with Gasteiger partial charge in [-0.2, -0.15) is 0 Å². The molecule has 0 radical (unpaired) electrons. The zero-order chi connectivity index (χ0) is 10.6. The van der Waals surface area contributed by atoms with Crippen molar-refractivity contribution in [2.45, 2.75) is 6.54 Å². The largest absolute Gasteiger partial charge is 0.433 e. The second-order valence-corrected chi connectivity index (χ2v) is 3.98. The predicted octanol–water partition coefficient (Wildman–Crippen LogP) is 2.28. The van der Waals surface area contributed by atoms with Crippen LogP contribution in [0.15, 0.2) is 29.3 Å². The second-order valence-electron chi connectivity index (χ2n) is 2.54. The fraction of sp³-hybridized carbons (Fsp3) is 0.125. The van der Waals surface area contributed by atoms with E-state index in [1.165, 1.54) is 18.2 Å². The summed E-state index contributed by atoms with van der Waals surface area (Å²) in [7, 11) is -5.17. The Hall–Kier alpha value is -1.31. The highest BCUT2D eigenvalue weighted by molar-refractivity contribution is 7.61. The third-order valence-corrected chi connectivity index (χ3v) is 2.46. The van der Waals surface area contributed by atoms with Gasteiger partial charge in [-0.05, 0) is 17.7 Å². The molecule has 0 heterocycles. The summed E-state index contributed by atoms with van der Waals surface area (Å²) in [4.78, 5) is 13.0. The van der Waals surface area contributed by atoms with E-state index in [1.54, 1.807) is 0 Å². The summed E-state index contributed by atoms with van der Waals surface area (Å²) >= 11 is 0. The predicted molar refractivity (Wildman–Crippen MR) is 47.7 cm³/mol. The minimum absolute atomic E-state index is 0.0899. The molecule has 0 unspecified atom stereocenters. The monoisotopic (exact) mass is 217 g/mol. The first-order valence-corrected chi connectivity index (χ1v) is 5.15. The Bertz CT molecular complexity index is 406. The van der Waals surface area contributed by atoms with Crippen molar-refractivity contribution in [3.63, 3.8) is 0 Å². The lowest BCUT2D eigenvalue weighted by atomic mass is 10.2. The Balaban J connectivity index is 2.89. The van der Waals surface area contributed by atoms with E-state index in [0.29, 0.717) is 5.56 Å². The molecule has 0 aliphatic carbocycles. The van der Waals surface area contributed by atoms with Gasteiger partial charge in [0, 0.05) is 0 Å². The van der Waals surface area contributed by atoms with Crippen molar-refractivity contribution < 1.29 is 17.8 Å². The van der Waals surface area contributed by atoms with Crippen LogP contribution >= 0.6 is 7.76 Å². The van der Waals surface area contributed by atoms with Crippen LogP contribution in [0.4, 0.5) is 8.39 Å². The molecule has 0 N–H and O–H groups in total. The Morgan fingerprint density at radius 2 is 1.86 bits per heavy atom. The number of halogens is 2. The Morgan fingerprint density at radius 1 is 1.29 bits per heavy atom. The zero-order valence-electron chi connectivity index (χ0n) is 6.98. The summed E-state index contributed by atoms with van der Waals surface area (Å²) in [6.45, 7) is 0.0899. The standard InChI is InChI=1S/C8H6F2NO2P/c9-14(10,13)8-3-1-7(2-4-8)5-11-6-12/h1-4H,5H2. The van der Waals surface area contributed by atoms with Crippen LogP contribution in [0, 0.1) is 0 Å². The number of hydrogen-bond donors (Lipinski definition) is 0. The van der Waals surface area contributed by atoms with Gasteiger partial charge in [-0.25, -0.2) is 14.4 Å². The highest BCUT2D eigenvalue weighted by Crippen LogP contribution is 2.47. The number of hydrogen-bond acceptors (Lipinski definition) is 3. The van der Waals surface area contributed by atoms with E-state index in [1.807, 2.05) is 0 Å². The smallest absolute Gasteiger partial charge is 0.244 e.